The van der Waals surface area contributed by atoms with Gasteiger partial charge in [-0.15, -0.1) is 0 Å². The monoisotopic (exact) mass is 234 g/mol. The van der Waals surface area contributed by atoms with Crippen LogP contribution in [0.2, 0.25) is 0 Å². The van der Waals surface area contributed by atoms with E-state index < -0.39 is 0 Å². The van der Waals surface area contributed by atoms with E-state index in [1.807, 2.05) is 30.3 Å². The first kappa shape index (κ1) is 12.1. The Kier molecular flexibility index (Phi) is 4.12. The molecule has 0 unspecified atom stereocenters. The van der Waals surface area contributed by atoms with Crippen molar-refractivity contribution in [3.63, 3.8) is 0 Å². The summed E-state index contributed by atoms with van der Waals surface area (Å²) in [6, 6.07) is 9.61. The molecule has 1 fully saturated rings. The molecular weight excluding hydrogens is 218 g/mol. The Morgan fingerprint density at radius 3 is 2.59 bits per heavy atom. The minimum atomic E-state index is -0.179. The first-order valence-electron chi connectivity index (χ1n) is 5.88. The van der Waals surface area contributed by atoms with Crippen molar-refractivity contribution in [2.45, 2.75) is 19.4 Å². The number of benzene rings is 1. The minimum absolute atomic E-state index is 0.107. The van der Waals surface area contributed by atoms with Crippen LogP contribution in [0, 0.1) is 11.1 Å². The molecule has 0 saturated carbocycles. The molecule has 0 amide bonds. The predicted octanol–water partition coefficient (Wildman–Crippen LogP) is 1.94. The summed E-state index contributed by atoms with van der Waals surface area (Å²) in [6.07, 6.45) is 1.22. The molecule has 92 valence electrons. The molecule has 1 aliphatic rings. The second-order valence-electron chi connectivity index (χ2n) is 4.30. The van der Waals surface area contributed by atoms with Crippen LogP contribution < -0.4 is 0 Å². The van der Waals surface area contributed by atoms with Crippen molar-refractivity contribution in [2.75, 3.05) is 13.1 Å². The molecule has 0 radical (unpaired) electrons. The lowest BCUT2D eigenvalue weighted by molar-refractivity contribution is -0.151. The third kappa shape index (κ3) is 3.54. The van der Waals surface area contributed by atoms with Crippen molar-refractivity contribution in [2.24, 2.45) is 5.92 Å². The van der Waals surface area contributed by atoms with Crippen LogP contribution in [0.15, 0.2) is 30.3 Å². The predicted molar refractivity (Wildman–Crippen MR) is 63.9 cm³/mol. The molecule has 1 saturated heterocycles. The number of rotatable bonds is 3. The second-order valence-corrected chi connectivity index (χ2v) is 4.30. The van der Waals surface area contributed by atoms with Crippen molar-refractivity contribution in [1.29, 1.82) is 0 Å². The van der Waals surface area contributed by atoms with E-state index in [4.69, 9.17) is 4.74 Å². The molecule has 1 aromatic carbocycles. The quantitative estimate of drug-likeness (QED) is 0.750. The van der Waals surface area contributed by atoms with Gasteiger partial charge in [0.15, 0.2) is 0 Å². The summed E-state index contributed by atoms with van der Waals surface area (Å²) in [5, 5.41) is 12.0. The highest BCUT2D eigenvalue weighted by molar-refractivity contribution is 5.72. The molecule has 17 heavy (non-hydrogen) atoms. The third-order valence-corrected chi connectivity index (χ3v) is 3.01. The third-order valence-electron chi connectivity index (χ3n) is 3.01. The zero-order valence-corrected chi connectivity index (χ0v) is 9.67. The number of nitrogens with zero attached hydrogens (tertiary/aromatic N) is 1. The van der Waals surface area contributed by atoms with Crippen molar-refractivity contribution in [1.82, 2.24) is 5.06 Å². The van der Waals surface area contributed by atoms with Crippen LogP contribution >= 0.6 is 0 Å². The molecule has 0 N–H and O–H groups in total. The Bertz CT molecular complexity index is 358. The van der Waals surface area contributed by atoms with E-state index in [-0.39, 0.29) is 11.9 Å². The fourth-order valence-electron chi connectivity index (χ4n) is 1.94. The molecule has 0 aliphatic carbocycles. The number of hydrogen-bond acceptors (Lipinski definition) is 4. The van der Waals surface area contributed by atoms with Crippen LogP contribution in [0.5, 0.6) is 0 Å². The Labute approximate surface area is 101 Å². The zero-order valence-electron chi connectivity index (χ0n) is 9.67. The fourth-order valence-corrected chi connectivity index (χ4v) is 1.94. The Morgan fingerprint density at radius 2 is 1.94 bits per heavy atom. The lowest BCUT2D eigenvalue weighted by Crippen LogP contribution is -2.33. The van der Waals surface area contributed by atoms with Gasteiger partial charge in [-0.3, -0.25) is 4.79 Å². The maximum absolute atomic E-state index is 11.7. The van der Waals surface area contributed by atoms with Gasteiger partial charge in [0.1, 0.15) is 6.61 Å². The van der Waals surface area contributed by atoms with Crippen LogP contribution in [0.3, 0.4) is 0 Å². The van der Waals surface area contributed by atoms with Crippen molar-refractivity contribution in [3.8, 4) is 0 Å². The van der Waals surface area contributed by atoms with E-state index >= 15 is 0 Å². The topological polar surface area (TPSA) is 52.6 Å². The summed E-state index contributed by atoms with van der Waals surface area (Å²) >= 11 is 0. The van der Waals surface area contributed by atoms with Gasteiger partial charge in [-0.25, -0.2) is 0 Å². The minimum Gasteiger partial charge on any atom is -0.785 e. The summed E-state index contributed by atoms with van der Waals surface area (Å²) < 4.78 is 5.24. The van der Waals surface area contributed by atoms with Gasteiger partial charge in [-0.2, -0.15) is 0 Å². The van der Waals surface area contributed by atoms with Gasteiger partial charge in [-0.05, 0) is 31.5 Å². The van der Waals surface area contributed by atoms with Crippen LogP contribution in [-0.2, 0) is 16.1 Å². The summed E-state index contributed by atoms with van der Waals surface area (Å²) in [4.78, 5) is 11.7. The Morgan fingerprint density at radius 1 is 1.29 bits per heavy atom. The summed E-state index contributed by atoms with van der Waals surface area (Å²) in [7, 11) is 0. The van der Waals surface area contributed by atoms with Crippen molar-refractivity contribution < 1.29 is 9.53 Å². The number of esters is 1. The number of piperidine rings is 1. The highest BCUT2D eigenvalue weighted by Gasteiger charge is 2.23. The molecule has 0 atom stereocenters. The first-order chi connectivity index (χ1) is 8.25. The number of hydrogen-bond donors (Lipinski definition) is 0. The fraction of sp³-hybridized carbons (Fsp3) is 0.462. The van der Waals surface area contributed by atoms with Gasteiger partial charge in [0, 0.05) is 0 Å². The average molecular weight is 234 g/mol. The maximum atomic E-state index is 11.7. The maximum Gasteiger partial charge on any atom is 0.309 e. The molecular formula is C13H16NO3-. The van der Waals surface area contributed by atoms with Crippen LogP contribution in [0.1, 0.15) is 18.4 Å². The number of carbonyl (C=O) groups excluding carboxylic acids is 1. The molecule has 4 heteroatoms. The summed E-state index contributed by atoms with van der Waals surface area (Å²) in [6.45, 7) is 1.19. The zero-order chi connectivity index (χ0) is 12.1. The molecule has 1 heterocycles. The van der Waals surface area contributed by atoms with E-state index in [2.05, 4.69) is 0 Å². The largest absolute Gasteiger partial charge is 0.785 e. The summed E-state index contributed by atoms with van der Waals surface area (Å²) in [5.74, 6) is -0.286. The van der Waals surface area contributed by atoms with E-state index in [1.165, 1.54) is 0 Å². The number of carbonyl (C=O) groups is 1. The van der Waals surface area contributed by atoms with Gasteiger partial charge < -0.3 is 15.0 Å². The standard InChI is InChI=1S/C13H16NO3/c15-13(12-6-8-14(16)9-7-12)17-10-11-4-2-1-3-5-11/h1-5,12H,6-10H2/q-1. The summed E-state index contributed by atoms with van der Waals surface area (Å²) in [5.41, 5.74) is 0.988. The second kappa shape index (κ2) is 5.80. The van der Waals surface area contributed by atoms with Gasteiger partial charge in [0.05, 0.1) is 5.92 Å². The van der Waals surface area contributed by atoms with E-state index in [0.29, 0.717) is 32.5 Å². The average Bonchev–Trinajstić information content (AvgIpc) is 2.38. The molecule has 4 nitrogen and oxygen atoms in total. The van der Waals surface area contributed by atoms with E-state index in [1.54, 1.807) is 0 Å². The SMILES string of the molecule is O=C(OCc1ccccc1)C1CCN([O-])CC1. The lowest BCUT2D eigenvalue weighted by Gasteiger charge is -2.35. The van der Waals surface area contributed by atoms with Crippen molar-refractivity contribution >= 4 is 5.97 Å². The normalized spacial score (nSPS) is 17.9. The van der Waals surface area contributed by atoms with Crippen LogP contribution in [-0.4, -0.2) is 24.1 Å². The Hall–Kier alpha value is -1.39. The molecule has 0 aromatic heterocycles. The smallest absolute Gasteiger partial charge is 0.309 e. The van der Waals surface area contributed by atoms with Crippen LogP contribution in [0.4, 0.5) is 0 Å². The van der Waals surface area contributed by atoms with Crippen LogP contribution in [0.25, 0.3) is 0 Å². The van der Waals surface area contributed by atoms with Crippen molar-refractivity contribution in [3.05, 3.63) is 41.1 Å². The molecule has 2 rings (SSSR count). The van der Waals surface area contributed by atoms with Gasteiger partial charge >= 0.3 is 5.97 Å². The first-order valence-corrected chi connectivity index (χ1v) is 5.88. The van der Waals surface area contributed by atoms with E-state index in [9.17, 15) is 10.0 Å². The molecule has 1 aliphatic heterocycles. The lowest BCUT2D eigenvalue weighted by atomic mass is 9.98. The van der Waals surface area contributed by atoms with Gasteiger partial charge in [0.25, 0.3) is 0 Å². The number of hydroxylamine groups is 2. The molecule has 0 spiro atoms. The molecule has 0 bridgehead atoms. The number of ether oxygens (including phenoxy) is 1. The van der Waals surface area contributed by atoms with E-state index in [0.717, 1.165) is 10.6 Å². The van der Waals surface area contributed by atoms with Gasteiger partial charge in [-0.1, -0.05) is 30.3 Å². The highest BCUT2D eigenvalue weighted by atomic mass is 16.5. The Balaban J connectivity index is 1.78. The molecule has 1 aromatic rings. The highest BCUT2D eigenvalue weighted by Crippen LogP contribution is 2.18. The van der Waals surface area contributed by atoms with Gasteiger partial charge in [0.2, 0.25) is 0 Å².